The van der Waals surface area contributed by atoms with Gasteiger partial charge < -0.3 is 10.9 Å². The van der Waals surface area contributed by atoms with Crippen LogP contribution in [-0.4, -0.2) is 25.0 Å². The molecule has 0 spiro atoms. The fourth-order valence-electron chi connectivity index (χ4n) is 1.35. The highest BCUT2D eigenvalue weighted by Crippen LogP contribution is 2.21. The lowest BCUT2D eigenvalue weighted by Gasteiger charge is -2.24. The second-order valence-corrected chi connectivity index (χ2v) is 6.03. The standard InChI is InChI=1S/C10H12F3N3O3S/c1-10(2,9(14)15-17)16-20(18,19)8-6(12)3-5(11)4-7(8)13/h3-4,16-17H,1-2H3,(H2,14,15). The van der Waals surface area contributed by atoms with Crippen molar-refractivity contribution in [3.05, 3.63) is 29.6 Å². The third-order valence-corrected chi connectivity index (χ3v) is 4.08. The first-order valence-electron chi connectivity index (χ1n) is 5.18. The summed E-state index contributed by atoms with van der Waals surface area (Å²) in [6, 6.07) is 0.461. The van der Waals surface area contributed by atoms with E-state index in [1.54, 1.807) is 0 Å². The Morgan fingerprint density at radius 1 is 1.30 bits per heavy atom. The van der Waals surface area contributed by atoms with Crippen LogP contribution in [0.5, 0.6) is 0 Å². The lowest BCUT2D eigenvalue weighted by atomic mass is 10.1. The van der Waals surface area contributed by atoms with E-state index in [4.69, 9.17) is 10.9 Å². The van der Waals surface area contributed by atoms with Crippen molar-refractivity contribution in [1.82, 2.24) is 4.72 Å². The Hall–Kier alpha value is -1.81. The first-order chi connectivity index (χ1) is 9.01. The summed E-state index contributed by atoms with van der Waals surface area (Å²) in [6.07, 6.45) is 0. The molecule has 112 valence electrons. The van der Waals surface area contributed by atoms with Crippen molar-refractivity contribution in [3.63, 3.8) is 0 Å². The molecular weight excluding hydrogens is 299 g/mol. The second-order valence-electron chi connectivity index (χ2n) is 4.41. The topological polar surface area (TPSA) is 105 Å². The van der Waals surface area contributed by atoms with Gasteiger partial charge in [0.25, 0.3) is 0 Å². The molecule has 0 aromatic heterocycles. The maximum atomic E-state index is 13.5. The molecule has 1 rings (SSSR count). The van der Waals surface area contributed by atoms with Crippen molar-refractivity contribution in [2.75, 3.05) is 0 Å². The first-order valence-corrected chi connectivity index (χ1v) is 6.66. The molecule has 0 aliphatic rings. The molecule has 0 heterocycles. The zero-order valence-corrected chi connectivity index (χ0v) is 11.3. The molecule has 20 heavy (non-hydrogen) atoms. The fraction of sp³-hybridized carbons (Fsp3) is 0.300. The summed E-state index contributed by atoms with van der Waals surface area (Å²) in [5, 5.41) is 11.1. The van der Waals surface area contributed by atoms with E-state index < -0.39 is 43.7 Å². The third-order valence-electron chi connectivity index (χ3n) is 2.37. The molecule has 0 fully saturated rings. The minimum atomic E-state index is -4.69. The average molecular weight is 311 g/mol. The number of sulfonamides is 1. The largest absolute Gasteiger partial charge is 0.409 e. The minimum absolute atomic E-state index is 0.230. The summed E-state index contributed by atoms with van der Waals surface area (Å²) in [7, 11) is -4.69. The molecule has 0 unspecified atom stereocenters. The van der Waals surface area contributed by atoms with E-state index in [0.717, 1.165) is 0 Å². The van der Waals surface area contributed by atoms with E-state index in [-0.39, 0.29) is 12.1 Å². The van der Waals surface area contributed by atoms with E-state index in [1.165, 1.54) is 13.8 Å². The summed E-state index contributed by atoms with van der Waals surface area (Å²) in [6.45, 7) is 2.41. The number of benzene rings is 1. The summed E-state index contributed by atoms with van der Waals surface area (Å²) in [5.74, 6) is -4.96. The molecule has 0 radical (unpaired) electrons. The number of rotatable bonds is 4. The third kappa shape index (κ3) is 3.20. The van der Waals surface area contributed by atoms with E-state index in [0.29, 0.717) is 0 Å². The number of amidine groups is 1. The Kier molecular flexibility index (Phi) is 4.30. The lowest BCUT2D eigenvalue weighted by molar-refractivity contribution is 0.312. The molecule has 6 nitrogen and oxygen atoms in total. The van der Waals surface area contributed by atoms with Crippen LogP contribution in [0.3, 0.4) is 0 Å². The average Bonchev–Trinajstić information content (AvgIpc) is 2.23. The predicted octanol–water partition coefficient (Wildman–Crippen LogP) is 0.907. The van der Waals surface area contributed by atoms with Crippen molar-refractivity contribution in [2.24, 2.45) is 10.9 Å². The van der Waals surface area contributed by atoms with Crippen molar-refractivity contribution in [3.8, 4) is 0 Å². The summed E-state index contributed by atoms with van der Waals surface area (Å²) in [5.41, 5.74) is 3.65. The van der Waals surface area contributed by atoms with Gasteiger partial charge in [-0.3, -0.25) is 0 Å². The molecule has 0 aliphatic carbocycles. The fourth-order valence-corrected chi connectivity index (χ4v) is 2.86. The zero-order valence-electron chi connectivity index (χ0n) is 10.5. The van der Waals surface area contributed by atoms with Crippen LogP contribution in [0, 0.1) is 17.5 Å². The number of halogens is 3. The van der Waals surface area contributed by atoms with E-state index in [1.807, 2.05) is 4.72 Å². The van der Waals surface area contributed by atoms with Gasteiger partial charge in [0.05, 0.1) is 5.54 Å². The molecule has 1 aromatic rings. The molecule has 0 bridgehead atoms. The molecule has 1 aromatic carbocycles. The lowest BCUT2D eigenvalue weighted by Crippen LogP contribution is -2.53. The number of oxime groups is 1. The van der Waals surface area contributed by atoms with Crippen LogP contribution in [0.15, 0.2) is 22.2 Å². The zero-order chi connectivity index (χ0) is 15.7. The second kappa shape index (κ2) is 5.29. The predicted molar refractivity (Wildman–Crippen MR) is 64.1 cm³/mol. The van der Waals surface area contributed by atoms with Gasteiger partial charge in [0.2, 0.25) is 10.0 Å². The molecule has 0 saturated carbocycles. The smallest absolute Gasteiger partial charge is 0.247 e. The van der Waals surface area contributed by atoms with Gasteiger partial charge in [0.1, 0.15) is 17.5 Å². The SMILES string of the molecule is CC(C)(NS(=O)(=O)c1c(F)cc(F)cc1F)/C(N)=N/O. The molecule has 4 N–H and O–H groups in total. The highest BCUT2D eigenvalue weighted by Gasteiger charge is 2.34. The molecule has 0 amide bonds. The number of hydrogen-bond donors (Lipinski definition) is 3. The Labute approximate surface area is 113 Å². The Morgan fingerprint density at radius 2 is 1.75 bits per heavy atom. The first kappa shape index (κ1) is 16.2. The van der Waals surface area contributed by atoms with Crippen LogP contribution in [0.1, 0.15) is 13.8 Å². The van der Waals surface area contributed by atoms with Gasteiger partial charge in [0.15, 0.2) is 10.7 Å². The van der Waals surface area contributed by atoms with Crippen molar-refractivity contribution in [2.45, 2.75) is 24.3 Å². The number of nitrogens with two attached hydrogens (primary N) is 1. The number of hydrogen-bond acceptors (Lipinski definition) is 4. The van der Waals surface area contributed by atoms with Gasteiger partial charge in [-0.2, -0.15) is 4.72 Å². The molecule has 0 saturated heterocycles. The van der Waals surface area contributed by atoms with Crippen molar-refractivity contribution >= 4 is 15.9 Å². The van der Waals surface area contributed by atoms with Crippen LogP contribution in [0.4, 0.5) is 13.2 Å². The monoisotopic (exact) mass is 311 g/mol. The van der Waals surface area contributed by atoms with Gasteiger partial charge in [-0.25, -0.2) is 21.6 Å². The van der Waals surface area contributed by atoms with Crippen LogP contribution in [0.25, 0.3) is 0 Å². The maximum Gasteiger partial charge on any atom is 0.247 e. The van der Waals surface area contributed by atoms with Crippen LogP contribution in [0.2, 0.25) is 0 Å². The Morgan fingerprint density at radius 3 is 2.15 bits per heavy atom. The van der Waals surface area contributed by atoms with E-state index in [9.17, 15) is 21.6 Å². The quantitative estimate of drug-likeness (QED) is 0.332. The Balaban J connectivity index is 3.33. The van der Waals surface area contributed by atoms with Crippen molar-refractivity contribution < 1.29 is 26.8 Å². The summed E-state index contributed by atoms with van der Waals surface area (Å²) in [4.78, 5) is -1.35. The highest BCUT2D eigenvalue weighted by atomic mass is 32.2. The maximum absolute atomic E-state index is 13.5. The highest BCUT2D eigenvalue weighted by molar-refractivity contribution is 7.89. The van der Waals surface area contributed by atoms with Gasteiger partial charge in [-0.1, -0.05) is 5.16 Å². The molecule has 0 aliphatic heterocycles. The normalized spacial score (nSPS) is 13.6. The van der Waals surface area contributed by atoms with Gasteiger partial charge in [0, 0.05) is 12.1 Å². The molecular formula is C10H12F3N3O3S. The Bertz CT molecular complexity index is 636. The molecule has 10 heteroatoms. The summed E-state index contributed by atoms with van der Waals surface area (Å²) >= 11 is 0. The summed E-state index contributed by atoms with van der Waals surface area (Å²) < 4.78 is 65.3. The van der Waals surface area contributed by atoms with E-state index in [2.05, 4.69) is 5.16 Å². The van der Waals surface area contributed by atoms with Crippen LogP contribution < -0.4 is 10.5 Å². The minimum Gasteiger partial charge on any atom is -0.409 e. The van der Waals surface area contributed by atoms with Crippen LogP contribution in [-0.2, 0) is 10.0 Å². The van der Waals surface area contributed by atoms with Gasteiger partial charge in [-0.05, 0) is 13.8 Å². The van der Waals surface area contributed by atoms with E-state index >= 15 is 0 Å². The van der Waals surface area contributed by atoms with Gasteiger partial charge >= 0.3 is 0 Å². The van der Waals surface area contributed by atoms with Gasteiger partial charge in [-0.15, -0.1) is 0 Å². The van der Waals surface area contributed by atoms with Crippen molar-refractivity contribution in [1.29, 1.82) is 0 Å². The molecule has 0 atom stereocenters. The van der Waals surface area contributed by atoms with Crippen LogP contribution >= 0.6 is 0 Å². The number of nitrogens with one attached hydrogen (secondary N) is 1. The number of nitrogens with zero attached hydrogens (tertiary/aromatic N) is 1.